The van der Waals surface area contributed by atoms with Crippen LogP contribution in [0.3, 0.4) is 0 Å². The number of methoxy groups -OCH3 is 2. The number of esters is 1. The zero-order chi connectivity index (χ0) is 30.1. The lowest BCUT2D eigenvalue weighted by Gasteiger charge is -2.23. The van der Waals surface area contributed by atoms with Gasteiger partial charge in [0.25, 0.3) is 0 Å². The van der Waals surface area contributed by atoms with E-state index in [4.69, 9.17) is 19.2 Å². The summed E-state index contributed by atoms with van der Waals surface area (Å²) in [4.78, 5) is 30.2. The molecule has 1 saturated heterocycles. The fourth-order valence-electron chi connectivity index (χ4n) is 5.16. The number of fused-ring (bicyclic) bond motifs is 1. The Balaban J connectivity index is 1.56. The van der Waals surface area contributed by atoms with Crippen molar-refractivity contribution in [3.63, 3.8) is 0 Å². The number of nitrogens with zero attached hydrogens (tertiary/aromatic N) is 6. The molecule has 1 aliphatic heterocycles. The van der Waals surface area contributed by atoms with Gasteiger partial charge in [0.2, 0.25) is 5.95 Å². The zero-order valence-corrected chi connectivity index (χ0v) is 23.6. The normalized spacial score (nSPS) is 15.0. The molecule has 5 heterocycles. The maximum atomic E-state index is 14.5. The third kappa shape index (κ3) is 5.23. The first-order valence-corrected chi connectivity index (χ1v) is 13.6. The number of ether oxygens (including phenoxy) is 3. The number of hydrogen-bond acceptors (Lipinski definition) is 10. The van der Waals surface area contributed by atoms with Crippen LogP contribution in [-0.2, 0) is 9.47 Å². The molecule has 1 fully saturated rings. The average molecular weight is 588 g/mol. The summed E-state index contributed by atoms with van der Waals surface area (Å²) < 4.78 is 46.9. The summed E-state index contributed by atoms with van der Waals surface area (Å²) in [6.07, 6.45) is 5.88. The van der Waals surface area contributed by atoms with E-state index in [1.165, 1.54) is 20.4 Å². The smallest absolute Gasteiger partial charge is 0.360 e. The van der Waals surface area contributed by atoms with Crippen LogP contribution >= 0.6 is 0 Å². The molecular formula is C30H27F2N7O4. The second-order valence-electron chi connectivity index (χ2n) is 9.86. The Hall–Kier alpha value is -5.04. The minimum absolute atomic E-state index is 0.0584. The van der Waals surface area contributed by atoms with E-state index in [2.05, 4.69) is 25.4 Å². The van der Waals surface area contributed by atoms with Crippen LogP contribution in [0.25, 0.3) is 33.5 Å². The quantitative estimate of drug-likeness (QED) is 0.185. The molecule has 1 unspecified atom stereocenters. The van der Waals surface area contributed by atoms with Crippen molar-refractivity contribution in [2.24, 2.45) is 0 Å². The molecule has 11 nitrogen and oxygen atoms in total. The minimum Gasteiger partial charge on any atom is -0.492 e. The Morgan fingerprint density at radius 1 is 1.07 bits per heavy atom. The minimum atomic E-state index is -0.875. The van der Waals surface area contributed by atoms with Crippen LogP contribution in [0.4, 0.5) is 20.4 Å². The number of hydrogen-bond donors (Lipinski definition) is 1. The second kappa shape index (κ2) is 11.7. The summed E-state index contributed by atoms with van der Waals surface area (Å²) in [5.41, 5.74) is 2.80. The Morgan fingerprint density at radius 3 is 2.70 bits per heavy atom. The monoisotopic (exact) mass is 587 g/mol. The largest absolute Gasteiger partial charge is 0.492 e. The summed E-state index contributed by atoms with van der Waals surface area (Å²) in [6, 6.07) is 9.03. The van der Waals surface area contributed by atoms with Gasteiger partial charge in [0.15, 0.2) is 35.1 Å². The predicted molar refractivity (Wildman–Crippen MR) is 153 cm³/mol. The van der Waals surface area contributed by atoms with Gasteiger partial charge in [-0.3, -0.25) is 0 Å². The standard InChI is InChI=1S/C30H27F2N7O4/c1-16-9-11-20-18(15-34-39(20)22-8-4-5-14-43-22)23(16)24-26(41-2)25(30(40)42-3)37-28(36-24)17-7-6-13-33-27(17)38-29-19(31)10-12-21(32)35-29/h6-7,9-13,15,22H,4-5,8,14H2,1-3H3,(H,33,35,38). The Kier molecular flexibility index (Phi) is 7.63. The lowest BCUT2D eigenvalue weighted by atomic mass is 9.99. The molecule has 220 valence electrons. The van der Waals surface area contributed by atoms with Crippen molar-refractivity contribution in [2.45, 2.75) is 32.4 Å². The van der Waals surface area contributed by atoms with Crippen LogP contribution in [-0.4, -0.2) is 56.5 Å². The van der Waals surface area contributed by atoms with Gasteiger partial charge in [0.05, 0.1) is 31.5 Å². The number of pyridine rings is 2. The first-order valence-electron chi connectivity index (χ1n) is 13.6. The van der Waals surface area contributed by atoms with E-state index in [9.17, 15) is 13.6 Å². The number of nitrogens with one attached hydrogen (secondary N) is 1. The van der Waals surface area contributed by atoms with E-state index >= 15 is 0 Å². The molecule has 1 aliphatic rings. The molecule has 1 N–H and O–H groups in total. The van der Waals surface area contributed by atoms with Crippen molar-refractivity contribution in [2.75, 3.05) is 26.1 Å². The van der Waals surface area contributed by atoms with Crippen LogP contribution in [0.15, 0.2) is 48.8 Å². The van der Waals surface area contributed by atoms with Crippen molar-refractivity contribution >= 4 is 28.5 Å². The number of carbonyl (C=O) groups excluding carboxylic acids is 1. The molecule has 6 rings (SSSR count). The van der Waals surface area contributed by atoms with Gasteiger partial charge >= 0.3 is 5.97 Å². The molecule has 5 aromatic rings. The SMILES string of the molecule is COC(=O)c1nc(-c2cccnc2Nc2nc(F)ccc2F)nc(-c2c(C)ccc3c2cnn3C2CCCCO2)c1OC. The van der Waals surface area contributed by atoms with Crippen LogP contribution in [0.5, 0.6) is 5.75 Å². The van der Waals surface area contributed by atoms with Gasteiger partial charge in [-0.2, -0.15) is 14.5 Å². The van der Waals surface area contributed by atoms with E-state index in [0.717, 1.165) is 47.9 Å². The third-order valence-electron chi connectivity index (χ3n) is 7.20. The summed E-state index contributed by atoms with van der Waals surface area (Å²) in [5, 5.41) is 8.14. The maximum absolute atomic E-state index is 14.5. The van der Waals surface area contributed by atoms with E-state index in [-0.39, 0.29) is 40.7 Å². The molecular weight excluding hydrogens is 560 g/mol. The highest BCUT2D eigenvalue weighted by atomic mass is 19.1. The summed E-state index contributed by atoms with van der Waals surface area (Å²) in [5.74, 6) is -2.55. The number of aryl methyl sites for hydroxylation is 1. The van der Waals surface area contributed by atoms with Gasteiger partial charge in [-0.1, -0.05) is 6.07 Å². The van der Waals surface area contributed by atoms with Crippen molar-refractivity contribution < 1.29 is 27.8 Å². The third-order valence-corrected chi connectivity index (χ3v) is 7.20. The number of benzene rings is 1. The van der Waals surface area contributed by atoms with E-state index < -0.39 is 17.7 Å². The van der Waals surface area contributed by atoms with Gasteiger partial charge in [0.1, 0.15) is 11.5 Å². The van der Waals surface area contributed by atoms with Crippen LogP contribution < -0.4 is 10.1 Å². The molecule has 13 heteroatoms. The lowest BCUT2D eigenvalue weighted by Crippen LogP contribution is -2.18. The highest BCUT2D eigenvalue weighted by molar-refractivity contribution is 6.00. The molecule has 1 aromatic carbocycles. The first-order chi connectivity index (χ1) is 20.9. The molecule has 43 heavy (non-hydrogen) atoms. The zero-order valence-electron chi connectivity index (χ0n) is 23.6. The van der Waals surface area contributed by atoms with Gasteiger partial charge in [-0.05, 0) is 62.1 Å². The lowest BCUT2D eigenvalue weighted by molar-refractivity contribution is -0.0366. The molecule has 4 aromatic heterocycles. The van der Waals surface area contributed by atoms with Gasteiger partial charge in [-0.15, -0.1) is 0 Å². The number of halogens is 2. The molecule has 0 saturated carbocycles. The average Bonchev–Trinajstić information content (AvgIpc) is 3.46. The molecule has 0 amide bonds. The summed E-state index contributed by atoms with van der Waals surface area (Å²) in [7, 11) is 2.65. The predicted octanol–water partition coefficient (Wildman–Crippen LogP) is 5.77. The Bertz CT molecular complexity index is 1840. The molecule has 0 spiro atoms. The van der Waals surface area contributed by atoms with Crippen LogP contribution in [0, 0.1) is 18.7 Å². The molecule has 0 bridgehead atoms. The summed E-state index contributed by atoms with van der Waals surface area (Å²) >= 11 is 0. The highest BCUT2D eigenvalue weighted by Crippen LogP contribution is 2.41. The Labute approximate surface area is 244 Å². The van der Waals surface area contributed by atoms with Crippen molar-refractivity contribution in [1.82, 2.24) is 29.7 Å². The van der Waals surface area contributed by atoms with E-state index in [1.807, 2.05) is 23.7 Å². The fraction of sp³-hybridized carbons (Fsp3) is 0.267. The fourth-order valence-corrected chi connectivity index (χ4v) is 5.16. The highest BCUT2D eigenvalue weighted by Gasteiger charge is 2.28. The van der Waals surface area contributed by atoms with Crippen LogP contribution in [0.2, 0.25) is 0 Å². The molecule has 1 atom stereocenters. The number of rotatable bonds is 7. The molecule has 0 radical (unpaired) electrons. The Morgan fingerprint density at radius 2 is 1.93 bits per heavy atom. The van der Waals surface area contributed by atoms with Crippen LogP contribution in [0.1, 0.15) is 41.5 Å². The summed E-state index contributed by atoms with van der Waals surface area (Å²) in [6.45, 7) is 2.57. The van der Waals surface area contributed by atoms with Crippen molar-refractivity contribution in [3.05, 3.63) is 71.8 Å². The van der Waals surface area contributed by atoms with E-state index in [1.54, 1.807) is 18.3 Å². The molecule has 0 aliphatic carbocycles. The number of aromatic nitrogens is 6. The van der Waals surface area contributed by atoms with Gasteiger partial charge in [-0.25, -0.2) is 28.8 Å². The first kappa shape index (κ1) is 28.1. The van der Waals surface area contributed by atoms with Crippen molar-refractivity contribution in [3.8, 4) is 28.4 Å². The van der Waals surface area contributed by atoms with Crippen molar-refractivity contribution in [1.29, 1.82) is 0 Å². The maximum Gasteiger partial charge on any atom is 0.360 e. The van der Waals surface area contributed by atoms with Gasteiger partial charge < -0.3 is 19.5 Å². The second-order valence-corrected chi connectivity index (χ2v) is 9.86. The number of carbonyl (C=O) groups is 1. The number of anilines is 2. The van der Waals surface area contributed by atoms with E-state index in [0.29, 0.717) is 17.9 Å². The topological polar surface area (TPSA) is 126 Å². The van der Waals surface area contributed by atoms with Gasteiger partial charge in [0, 0.05) is 23.8 Å².